The highest BCUT2D eigenvalue weighted by Gasteiger charge is 2.18. The van der Waals surface area contributed by atoms with E-state index in [1.54, 1.807) is 12.1 Å². The molecule has 2 rings (SSSR count). The number of aromatic amines is 1. The molecule has 6 nitrogen and oxygen atoms in total. The van der Waals surface area contributed by atoms with Crippen molar-refractivity contribution in [2.45, 2.75) is 24.5 Å². The van der Waals surface area contributed by atoms with Crippen molar-refractivity contribution in [2.24, 2.45) is 0 Å². The van der Waals surface area contributed by atoms with Crippen molar-refractivity contribution < 1.29 is 8.42 Å². The molecule has 2 N–H and O–H groups in total. The van der Waals surface area contributed by atoms with Crippen LogP contribution >= 0.6 is 11.3 Å². The third kappa shape index (κ3) is 4.32. The van der Waals surface area contributed by atoms with Gasteiger partial charge in [-0.2, -0.15) is 0 Å². The third-order valence-corrected chi connectivity index (χ3v) is 6.73. The standard InChI is InChI=1S/C16H23N3O3S2/c1-5-12-10-13(11(2)18-16(12)20)14-6-7-15(23-14)24(21,22)17-8-9-19(3)4/h6-7,10,17H,5,8-9H2,1-4H3,(H,18,20). The van der Waals surface area contributed by atoms with Crippen LogP contribution < -0.4 is 10.3 Å². The van der Waals surface area contributed by atoms with Gasteiger partial charge in [0.25, 0.3) is 5.56 Å². The summed E-state index contributed by atoms with van der Waals surface area (Å²) in [5.41, 5.74) is 2.21. The summed E-state index contributed by atoms with van der Waals surface area (Å²) < 4.78 is 27.6. The monoisotopic (exact) mass is 369 g/mol. The van der Waals surface area contributed by atoms with Crippen LogP contribution in [0.4, 0.5) is 0 Å². The van der Waals surface area contributed by atoms with Gasteiger partial charge >= 0.3 is 0 Å². The molecule has 0 aliphatic heterocycles. The van der Waals surface area contributed by atoms with Crippen molar-refractivity contribution in [3.63, 3.8) is 0 Å². The Kier molecular flexibility index (Phi) is 5.97. The molecule has 0 unspecified atom stereocenters. The van der Waals surface area contributed by atoms with Gasteiger partial charge in [-0.3, -0.25) is 4.79 Å². The van der Waals surface area contributed by atoms with E-state index in [0.717, 1.165) is 16.1 Å². The lowest BCUT2D eigenvalue weighted by Gasteiger charge is -2.10. The Morgan fingerprint density at radius 2 is 2.00 bits per heavy atom. The number of hydrogen-bond donors (Lipinski definition) is 2. The number of nitrogens with zero attached hydrogens (tertiary/aromatic N) is 1. The average molecular weight is 370 g/mol. The van der Waals surface area contributed by atoms with Crippen molar-refractivity contribution in [1.82, 2.24) is 14.6 Å². The summed E-state index contributed by atoms with van der Waals surface area (Å²) in [7, 11) is 0.271. The molecular weight excluding hydrogens is 346 g/mol. The molecule has 0 atom stereocenters. The Morgan fingerprint density at radius 3 is 2.62 bits per heavy atom. The molecule has 2 heterocycles. The van der Waals surface area contributed by atoms with Gasteiger partial charge in [0.15, 0.2) is 0 Å². The number of aromatic nitrogens is 1. The number of thiophene rings is 1. The zero-order valence-corrected chi connectivity index (χ0v) is 16.0. The van der Waals surface area contributed by atoms with E-state index in [0.29, 0.717) is 25.1 Å². The zero-order valence-electron chi connectivity index (χ0n) is 14.3. The molecule has 2 aromatic rings. The number of hydrogen-bond acceptors (Lipinski definition) is 5. The van der Waals surface area contributed by atoms with Crippen molar-refractivity contribution in [3.8, 4) is 10.4 Å². The van der Waals surface area contributed by atoms with E-state index in [1.807, 2.05) is 38.9 Å². The highest BCUT2D eigenvalue weighted by atomic mass is 32.2. The summed E-state index contributed by atoms with van der Waals surface area (Å²) in [4.78, 5) is 17.4. The second-order valence-corrected chi connectivity index (χ2v) is 8.91. The summed E-state index contributed by atoms with van der Waals surface area (Å²) >= 11 is 1.20. The summed E-state index contributed by atoms with van der Waals surface area (Å²) in [6, 6.07) is 5.23. The van der Waals surface area contributed by atoms with Crippen LogP contribution in [0.3, 0.4) is 0 Å². The first-order valence-corrected chi connectivity index (χ1v) is 10.0. The number of H-pyrrole nitrogens is 1. The number of aryl methyl sites for hydroxylation is 2. The maximum atomic E-state index is 12.3. The van der Waals surface area contributed by atoms with Gasteiger partial charge in [0.1, 0.15) is 4.21 Å². The Hall–Kier alpha value is -1.48. The van der Waals surface area contributed by atoms with Crippen LogP contribution in [0.5, 0.6) is 0 Å². The summed E-state index contributed by atoms with van der Waals surface area (Å²) in [5, 5.41) is 0. The van der Waals surface area contributed by atoms with Crippen molar-refractivity contribution in [3.05, 3.63) is 39.8 Å². The molecule has 132 valence electrons. The lowest BCUT2D eigenvalue weighted by Crippen LogP contribution is -2.30. The lowest BCUT2D eigenvalue weighted by molar-refractivity contribution is 0.412. The summed E-state index contributed by atoms with van der Waals surface area (Å²) in [6.07, 6.45) is 0.630. The molecule has 0 radical (unpaired) electrons. The fourth-order valence-electron chi connectivity index (χ4n) is 2.27. The molecule has 0 spiro atoms. The van der Waals surface area contributed by atoms with Gasteiger partial charge in [-0.05, 0) is 45.6 Å². The molecular formula is C16H23N3O3S2. The van der Waals surface area contributed by atoms with E-state index in [1.165, 1.54) is 11.3 Å². The summed E-state index contributed by atoms with van der Waals surface area (Å²) in [6.45, 7) is 4.73. The third-order valence-electron chi connectivity index (χ3n) is 3.66. The quantitative estimate of drug-likeness (QED) is 0.780. The molecule has 0 aromatic carbocycles. The van der Waals surface area contributed by atoms with Crippen LogP contribution in [0, 0.1) is 6.92 Å². The first-order chi connectivity index (χ1) is 11.2. The van der Waals surface area contributed by atoms with E-state index in [9.17, 15) is 13.2 Å². The molecule has 0 amide bonds. The highest BCUT2D eigenvalue weighted by Crippen LogP contribution is 2.32. The van der Waals surface area contributed by atoms with Crippen LogP contribution in [-0.4, -0.2) is 45.5 Å². The molecule has 8 heteroatoms. The molecule has 0 fully saturated rings. The van der Waals surface area contributed by atoms with E-state index in [2.05, 4.69) is 9.71 Å². The number of pyridine rings is 1. The zero-order chi connectivity index (χ0) is 17.9. The molecule has 24 heavy (non-hydrogen) atoms. The van der Waals surface area contributed by atoms with E-state index >= 15 is 0 Å². The predicted octanol–water partition coefficient (Wildman–Crippen LogP) is 1.81. The largest absolute Gasteiger partial charge is 0.326 e. The minimum Gasteiger partial charge on any atom is -0.326 e. The minimum absolute atomic E-state index is 0.0893. The normalized spacial score (nSPS) is 12.0. The molecule has 0 saturated carbocycles. The molecule has 0 saturated heterocycles. The van der Waals surface area contributed by atoms with Gasteiger partial charge in [0.05, 0.1) is 0 Å². The Bertz CT molecular complexity index is 867. The van der Waals surface area contributed by atoms with Crippen molar-refractivity contribution in [1.29, 1.82) is 0 Å². The Morgan fingerprint density at radius 1 is 1.29 bits per heavy atom. The Balaban J connectivity index is 2.29. The predicted molar refractivity (Wildman–Crippen MR) is 98.2 cm³/mol. The first-order valence-electron chi connectivity index (χ1n) is 7.72. The SMILES string of the molecule is CCc1cc(-c2ccc(S(=O)(=O)NCCN(C)C)s2)c(C)[nH]c1=O. The molecule has 0 bridgehead atoms. The van der Waals surface area contributed by atoms with Crippen LogP contribution in [-0.2, 0) is 16.4 Å². The van der Waals surface area contributed by atoms with Gasteiger partial charge in [0.2, 0.25) is 10.0 Å². The smallest absolute Gasteiger partial charge is 0.251 e. The average Bonchev–Trinajstić information content (AvgIpc) is 2.97. The van der Waals surface area contributed by atoms with Crippen molar-refractivity contribution >= 4 is 21.4 Å². The maximum absolute atomic E-state index is 12.3. The summed E-state index contributed by atoms with van der Waals surface area (Å²) in [5.74, 6) is 0. The van der Waals surface area contributed by atoms with Gasteiger partial charge in [-0.25, -0.2) is 13.1 Å². The number of rotatable bonds is 7. The second kappa shape index (κ2) is 7.60. The van der Waals surface area contributed by atoms with Gasteiger partial charge in [-0.15, -0.1) is 11.3 Å². The van der Waals surface area contributed by atoms with E-state index in [-0.39, 0.29) is 9.77 Å². The Labute approximate surface area is 146 Å². The topological polar surface area (TPSA) is 82.3 Å². The van der Waals surface area contributed by atoms with Gasteiger partial charge in [0, 0.05) is 34.8 Å². The number of likely N-dealkylation sites (N-methyl/N-ethyl adjacent to an activating group) is 1. The molecule has 2 aromatic heterocycles. The van der Waals surface area contributed by atoms with Crippen LogP contribution in [0.1, 0.15) is 18.2 Å². The lowest BCUT2D eigenvalue weighted by atomic mass is 10.1. The minimum atomic E-state index is -3.51. The van der Waals surface area contributed by atoms with E-state index in [4.69, 9.17) is 0 Å². The molecule has 0 aliphatic carbocycles. The number of nitrogens with one attached hydrogen (secondary N) is 2. The van der Waals surface area contributed by atoms with Gasteiger partial charge in [-0.1, -0.05) is 6.92 Å². The fraction of sp³-hybridized carbons (Fsp3) is 0.438. The highest BCUT2D eigenvalue weighted by molar-refractivity contribution is 7.91. The van der Waals surface area contributed by atoms with Crippen molar-refractivity contribution in [2.75, 3.05) is 27.2 Å². The van der Waals surface area contributed by atoms with Crippen LogP contribution in [0.2, 0.25) is 0 Å². The first kappa shape index (κ1) is 18.9. The fourth-order valence-corrected chi connectivity index (χ4v) is 4.71. The maximum Gasteiger partial charge on any atom is 0.251 e. The van der Waals surface area contributed by atoms with Gasteiger partial charge < -0.3 is 9.88 Å². The van der Waals surface area contributed by atoms with Crippen LogP contribution in [0.15, 0.2) is 27.2 Å². The van der Waals surface area contributed by atoms with E-state index < -0.39 is 10.0 Å². The van der Waals surface area contributed by atoms with Crippen LogP contribution in [0.25, 0.3) is 10.4 Å². The molecule has 0 aliphatic rings. The number of sulfonamides is 1. The second-order valence-electron chi connectivity index (χ2n) is 5.84.